The van der Waals surface area contributed by atoms with Crippen LogP contribution in [0.5, 0.6) is 0 Å². The minimum atomic E-state index is -0.133. The summed E-state index contributed by atoms with van der Waals surface area (Å²) in [4.78, 5) is 32.9. The lowest BCUT2D eigenvalue weighted by Crippen LogP contribution is -2.36. The van der Waals surface area contributed by atoms with Crippen molar-refractivity contribution in [1.82, 2.24) is 9.88 Å². The summed E-state index contributed by atoms with van der Waals surface area (Å²) in [7, 11) is 0. The molecule has 0 saturated carbocycles. The first-order valence-corrected chi connectivity index (χ1v) is 11.2. The standard InChI is InChI=1S/C19H17BrN4O2S2/c20-12-3-5-13(6-4-12)21-17(25)11-24-8-7-14-16(10-24)28-19(22-14)23-18(26)15-2-1-9-27-15/h1-6,9H,7-8,10-11H2,(H,21,25)(H,22,23,26). The molecule has 0 spiro atoms. The molecule has 0 saturated heterocycles. The maximum Gasteiger partial charge on any atom is 0.267 e. The number of aromatic nitrogens is 1. The number of halogens is 1. The van der Waals surface area contributed by atoms with Crippen molar-refractivity contribution >= 4 is 61.2 Å². The topological polar surface area (TPSA) is 74.3 Å². The van der Waals surface area contributed by atoms with Crippen molar-refractivity contribution < 1.29 is 9.59 Å². The molecule has 0 unspecified atom stereocenters. The summed E-state index contributed by atoms with van der Waals surface area (Å²) in [6.45, 7) is 1.75. The van der Waals surface area contributed by atoms with Crippen molar-refractivity contribution in [2.45, 2.75) is 13.0 Å². The van der Waals surface area contributed by atoms with E-state index >= 15 is 0 Å². The van der Waals surface area contributed by atoms with E-state index in [0.29, 0.717) is 23.1 Å². The Kier molecular flexibility index (Phi) is 5.86. The van der Waals surface area contributed by atoms with E-state index in [1.807, 2.05) is 35.7 Å². The first-order valence-electron chi connectivity index (χ1n) is 8.68. The van der Waals surface area contributed by atoms with Gasteiger partial charge in [-0.1, -0.05) is 22.0 Å². The number of nitrogens with one attached hydrogen (secondary N) is 2. The summed E-state index contributed by atoms with van der Waals surface area (Å²) < 4.78 is 0.973. The van der Waals surface area contributed by atoms with Crippen molar-refractivity contribution in [3.8, 4) is 0 Å². The molecular formula is C19H17BrN4O2S2. The highest BCUT2D eigenvalue weighted by atomic mass is 79.9. The number of fused-ring (bicyclic) bond motifs is 1. The van der Waals surface area contributed by atoms with Crippen LogP contribution in [-0.4, -0.2) is 34.8 Å². The van der Waals surface area contributed by atoms with Gasteiger partial charge < -0.3 is 5.32 Å². The highest BCUT2D eigenvalue weighted by Crippen LogP contribution is 2.29. The Morgan fingerprint density at radius 1 is 1.18 bits per heavy atom. The molecule has 3 aromatic rings. The zero-order valence-corrected chi connectivity index (χ0v) is 18.0. The van der Waals surface area contributed by atoms with Gasteiger partial charge in [0.25, 0.3) is 5.91 Å². The first-order chi connectivity index (χ1) is 13.6. The number of carbonyl (C=O) groups excluding carboxylic acids is 2. The zero-order chi connectivity index (χ0) is 19.5. The second-order valence-corrected chi connectivity index (χ2v) is 9.28. The molecular weight excluding hydrogens is 460 g/mol. The van der Waals surface area contributed by atoms with Crippen LogP contribution in [0.4, 0.5) is 10.8 Å². The maximum absolute atomic E-state index is 12.3. The minimum absolute atomic E-state index is 0.0403. The van der Waals surface area contributed by atoms with Crippen LogP contribution in [-0.2, 0) is 17.8 Å². The molecule has 3 heterocycles. The average Bonchev–Trinajstić information content (AvgIpc) is 3.32. The summed E-state index contributed by atoms with van der Waals surface area (Å²) >= 11 is 6.27. The molecule has 0 bridgehead atoms. The number of thiazole rings is 1. The van der Waals surface area contributed by atoms with Crippen molar-refractivity contribution in [3.05, 3.63) is 61.7 Å². The van der Waals surface area contributed by atoms with Gasteiger partial charge in [0, 0.05) is 34.5 Å². The molecule has 2 aromatic heterocycles. The largest absolute Gasteiger partial charge is 0.325 e. The summed E-state index contributed by atoms with van der Waals surface area (Å²) in [5, 5.41) is 8.28. The fraction of sp³-hybridized carbons (Fsp3) is 0.211. The molecule has 6 nitrogen and oxygen atoms in total. The summed E-state index contributed by atoms with van der Waals surface area (Å²) in [6.07, 6.45) is 0.770. The number of hydrogen-bond donors (Lipinski definition) is 2. The molecule has 2 N–H and O–H groups in total. The van der Waals surface area contributed by atoms with Gasteiger partial charge in [0.15, 0.2) is 5.13 Å². The van der Waals surface area contributed by atoms with Crippen LogP contribution in [0.3, 0.4) is 0 Å². The smallest absolute Gasteiger partial charge is 0.267 e. The van der Waals surface area contributed by atoms with Crippen LogP contribution in [0.1, 0.15) is 20.2 Å². The van der Waals surface area contributed by atoms with Crippen LogP contribution in [0, 0.1) is 0 Å². The highest BCUT2D eigenvalue weighted by Gasteiger charge is 2.23. The fourth-order valence-electron chi connectivity index (χ4n) is 2.94. The normalized spacial score (nSPS) is 13.8. The third-order valence-corrected chi connectivity index (χ3v) is 6.67. The summed E-state index contributed by atoms with van der Waals surface area (Å²) in [5.41, 5.74) is 1.79. The van der Waals surface area contributed by atoms with Crippen LogP contribution in [0.2, 0.25) is 0 Å². The lowest BCUT2D eigenvalue weighted by Gasteiger charge is -2.25. The summed E-state index contributed by atoms with van der Waals surface area (Å²) in [6, 6.07) is 11.2. The van der Waals surface area contributed by atoms with E-state index in [0.717, 1.165) is 33.7 Å². The van der Waals surface area contributed by atoms with Crippen molar-refractivity contribution in [1.29, 1.82) is 0 Å². The number of nitrogens with zero attached hydrogens (tertiary/aromatic N) is 2. The molecule has 0 fully saturated rings. The lowest BCUT2D eigenvalue weighted by molar-refractivity contribution is -0.117. The van der Waals surface area contributed by atoms with Gasteiger partial charge in [-0.3, -0.25) is 19.8 Å². The monoisotopic (exact) mass is 476 g/mol. The van der Waals surface area contributed by atoms with Gasteiger partial charge in [-0.05, 0) is 35.7 Å². The molecule has 2 amide bonds. The van der Waals surface area contributed by atoms with E-state index in [1.54, 1.807) is 6.07 Å². The van der Waals surface area contributed by atoms with Crippen molar-refractivity contribution in [2.24, 2.45) is 0 Å². The van der Waals surface area contributed by atoms with E-state index in [9.17, 15) is 9.59 Å². The molecule has 0 atom stereocenters. The molecule has 144 valence electrons. The maximum atomic E-state index is 12.3. The second-order valence-electron chi connectivity index (χ2n) is 6.34. The van der Waals surface area contributed by atoms with E-state index in [4.69, 9.17) is 0 Å². The second kappa shape index (κ2) is 8.52. The van der Waals surface area contributed by atoms with Crippen molar-refractivity contribution in [2.75, 3.05) is 23.7 Å². The van der Waals surface area contributed by atoms with Gasteiger partial charge in [0.05, 0.1) is 17.1 Å². The summed E-state index contributed by atoms with van der Waals surface area (Å²) in [5.74, 6) is -0.173. The molecule has 9 heteroatoms. The lowest BCUT2D eigenvalue weighted by atomic mass is 10.2. The van der Waals surface area contributed by atoms with Gasteiger partial charge in [0.1, 0.15) is 0 Å². The van der Waals surface area contributed by atoms with Crippen LogP contribution >= 0.6 is 38.6 Å². The molecule has 4 rings (SSSR count). The van der Waals surface area contributed by atoms with Crippen LogP contribution in [0.25, 0.3) is 0 Å². The number of benzene rings is 1. The van der Waals surface area contributed by atoms with E-state index in [2.05, 4.69) is 36.4 Å². The van der Waals surface area contributed by atoms with E-state index in [-0.39, 0.29) is 11.8 Å². The predicted octanol–water partition coefficient (Wildman–Crippen LogP) is 4.22. The minimum Gasteiger partial charge on any atom is -0.325 e. The zero-order valence-electron chi connectivity index (χ0n) is 14.8. The highest BCUT2D eigenvalue weighted by molar-refractivity contribution is 9.10. The number of anilines is 2. The Hall–Kier alpha value is -2.07. The third-order valence-electron chi connectivity index (χ3n) is 4.27. The Morgan fingerprint density at radius 3 is 2.75 bits per heavy atom. The van der Waals surface area contributed by atoms with Gasteiger partial charge in [-0.2, -0.15) is 0 Å². The molecule has 1 aromatic carbocycles. The molecule has 1 aliphatic heterocycles. The quantitative estimate of drug-likeness (QED) is 0.577. The number of thiophene rings is 1. The Labute approximate surface area is 178 Å². The molecule has 1 aliphatic rings. The van der Waals surface area contributed by atoms with Gasteiger partial charge in [-0.25, -0.2) is 4.98 Å². The number of carbonyl (C=O) groups is 2. The number of hydrogen-bond acceptors (Lipinski definition) is 6. The molecule has 0 aliphatic carbocycles. The Bertz CT molecular complexity index is 986. The van der Waals surface area contributed by atoms with Crippen LogP contribution < -0.4 is 10.6 Å². The fourth-order valence-corrected chi connectivity index (χ4v) is 4.87. The third kappa shape index (κ3) is 4.67. The molecule has 28 heavy (non-hydrogen) atoms. The SMILES string of the molecule is O=C(CN1CCc2nc(NC(=O)c3cccs3)sc2C1)Nc1ccc(Br)cc1. The van der Waals surface area contributed by atoms with E-state index in [1.165, 1.54) is 22.7 Å². The van der Waals surface area contributed by atoms with Crippen molar-refractivity contribution in [3.63, 3.8) is 0 Å². The molecule has 0 radical (unpaired) electrons. The van der Waals surface area contributed by atoms with Gasteiger partial charge >= 0.3 is 0 Å². The number of rotatable bonds is 5. The Balaban J connectivity index is 1.34. The van der Waals surface area contributed by atoms with E-state index < -0.39 is 0 Å². The van der Waals surface area contributed by atoms with Crippen LogP contribution in [0.15, 0.2) is 46.3 Å². The number of amides is 2. The first kappa shape index (κ1) is 19.3. The van der Waals surface area contributed by atoms with Gasteiger partial charge in [-0.15, -0.1) is 22.7 Å². The van der Waals surface area contributed by atoms with Gasteiger partial charge in [0.2, 0.25) is 5.91 Å². The Morgan fingerprint density at radius 2 is 2.00 bits per heavy atom. The predicted molar refractivity (Wildman–Crippen MR) is 116 cm³/mol. The average molecular weight is 477 g/mol.